The zero-order chi connectivity index (χ0) is 29.9. The van der Waals surface area contributed by atoms with E-state index in [1.807, 2.05) is 19.1 Å². The molecule has 1 spiro atoms. The number of ether oxygens (including phenoxy) is 1. The molecule has 42 heavy (non-hydrogen) atoms. The lowest BCUT2D eigenvalue weighted by molar-refractivity contribution is -0.126. The van der Waals surface area contributed by atoms with E-state index in [-0.39, 0.29) is 42.2 Å². The molecule has 3 N–H and O–H groups in total. The van der Waals surface area contributed by atoms with Gasteiger partial charge in [-0.25, -0.2) is 0 Å². The molecule has 1 aromatic carbocycles. The summed E-state index contributed by atoms with van der Waals surface area (Å²) in [6, 6.07) is 4.60. The number of amides is 2. The number of rotatable bonds is 9. The topological polar surface area (TPSA) is 79.5 Å². The Morgan fingerprint density at radius 3 is 2.45 bits per heavy atom. The molecule has 0 radical (unpaired) electrons. The predicted octanol–water partition coefficient (Wildman–Crippen LogP) is 6.02. The molecule has 4 unspecified atom stereocenters. The Balaban J connectivity index is 1.43. The van der Waals surface area contributed by atoms with Crippen LogP contribution in [-0.4, -0.2) is 56.0 Å². The summed E-state index contributed by atoms with van der Waals surface area (Å²) in [5.41, 5.74) is -0.949. The number of fused-ring (bicyclic) bond motifs is 2. The number of allylic oxidation sites excluding steroid dienone is 2. The molecule has 6 rings (SSSR count). The zero-order valence-electron chi connectivity index (χ0n) is 24.3. The molecule has 5 aliphatic rings. The average Bonchev–Trinajstić information content (AvgIpc) is 3.56. The second-order valence-electron chi connectivity index (χ2n) is 14.2. The minimum atomic E-state index is -1.07. The molecule has 0 aromatic heterocycles. The molecule has 2 aliphatic heterocycles. The molecule has 2 saturated heterocycles. The highest BCUT2D eigenvalue weighted by Gasteiger charge is 2.72. The van der Waals surface area contributed by atoms with Crippen molar-refractivity contribution in [3.05, 3.63) is 45.6 Å². The summed E-state index contributed by atoms with van der Waals surface area (Å²) in [5.74, 6) is -0.165. The maximum absolute atomic E-state index is 14.4. The van der Waals surface area contributed by atoms with E-state index in [1.54, 1.807) is 6.07 Å². The lowest BCUT2D eigenvalue weighted by Crippen LogP contribution is -2.67. The minimum absolute atomic E-state index is 0.116. The van der Waals surface area contributed by atoms with Crippen molar-refractivity contribution in [3.8, 4) is 0 Å². The first-order valence-corrected chi connectivity index (χ1v) is 16.0. The van der Waals surface area contributed by atoms with E-state index in [4.69, 9.17) is 27.9 Å². The van der Waals surface area contributed by atoms with E-state index in [0.717, 1.165) is 49.8 Å². The van der Waals surface area contributed by atoms with E-state index >= 15 is 0 Å². The van der Waals surface area contributed by atoms with Crippen LogP contribution in [0.3, 0.4) is 0 Å². The largest absolute Gasteiger partial charge is 0.376 e. The monoisotopic (exact) mass is 623 g/mol. The van der Waals surface area contributed by atoms with Crippen LogP contribution in [-0.2, 0) is 14.3 Å². The number of halogens is 4. The van der Waals surface area contributed by atoms with Crippen molar-refractivity contribution in [3.63, 3.8) is 0 Å². The molecule has 230 valence electrons. The maximum Gasteiger partial charge on any atom is 0.238 e. The van der Waals surface area contributed by atoms with E-state index in [0.29, 0.717) is 29.0 Å². The summed E-state index contributed by atoms with van der Waals surface area (Å²) in [4.78, 5) is 25.8. The number of nitrogens with one attached hydrogen (secondary N) is 3. The van der Waals surface area contributed by atoms with Crippen LogP contribution < -0.4 is 16.0 Å². The van der Waals surface area contributed by atoms with Crippen molar-refractivity contribution in [2.45, 2.75) is 94.9 Å². The SMILES string of the molecule is CC1CCC(NC(=O)[C@@H]2NC3(CC(CF)(CF)C3)[C@](C)(C[C@]34CCC(C=C3NC=O)C4)C2c2cc(Cl)cc(Cl)c2)CO1. The number of hydrogen-bond acceptors (Lipinski definition) is 4. The molecular formula is C32H41Cl2F2N3O3. The normalized spacial score (nSPS) is 37.8. The van der Waals surface area contributed by atoms with E-state index in [1.165, 1.54) is 0 Å². The standard InChI is InChI=1S/C32H41Cl2F2N3O3/c1-19-3-4-24(12-42-19)38-28(41)27-26(21-8-22(33)10-23(34)9-21)29(2,32(39-27)14-30(15-32,16-35)17-36)13-31-6-5-20(11-31)7-25(31)37-18-40/h7-10,18-20,24,26-27,39H,3-6,11-17H2,1-2H3,(H,37,40)(H,38,41)/t19?,20?,24?,26?,27-,29-,31-/m1/s1. The second-order valence-corrected chi connectivity index (χ2v) is 15.0. The van der Waals surface area contributed by atoms with Gasteiger partial charge < -0.3 is 15.4 Å². The fraction of sp³-hybridized carbons (Fsp3) is 0.688. The molecule has 2 amide bonds. The van der Waals surface area contributed by atoms with Crippen LogP contribution >= 0.6 is 23.2 Å². The summed E-state index contributed by atoms with van der Waals surface area (Å²) in [6.07, 6.45) is 8.78. The van der Waals surface area contributed by atoms with Gasteiger partial charge in [0, 0.05) is 38.0 Å². The summed E-state index contributed by atoms with van der Waals surface area (Å²) in [7, 11) is 0. The smallest absolute Gasteiger partial charge is 0.238 e. The molecule has 4 fully saturated rings. The summed E-state index contributed by atoms with van der Waals surface area (Å²) < 4.78 is 34.6. The van der Waals surface area contributed by atoms with Crippen LogP contribution in [0.2, 0.25) is 10.0 Å². The number of benzene rings is 1. The van der Waals surface area contributed by atoms with Gasteiger partial charge in [0.1, 0.15) is 0 Å². The highest BCUT2D eigenvalue weighted by Crippen LogP contribution is 2.70. The third kappa shape index (κ3) is 4.89. The number of carbonyl (C=O) groups excluding carboxylic acids is 2. The Morgan fingerprint density at radius 1 is 1.14 bits per heavy atom. The second kappa shape index (κ2) is 11.0. The average molecular weight is 625 g/mol. The van der Waals surface area contributed by atoms with Gasteiger partial charge in [-0.3, -0.25) is 23.7 Å². The molecule has 7 atom stereocenters. The van der Waals surface area contributed by atoms with Gasteiger partial charge in [-0.1, -0.05) is 36.2 Å². The van der Waals surface area contributed by atoms with Crippen molar-refractivity contribution in [2.24, 2.45) is 22.2 Å². The van der Waals surface area contributed by atoms with Gasteiger partial charge in [-0.05, 0) is 93.4 Å². The van der Waals surface area contributed by atoms with Gasteiger partial charge in [0.05, 0.1) is 38.1 Å². The first kappa shape index (κ1) is 30.3. The van der Waals surface area contributed by atoms with Crippen LogP contribution in [0.1, 0.15) is 76.7 Å². The fourth-order valence-electron chi connectivity index (χ4n) is 9.46. The Hall–Kier alpha value is -1.74. The molecule has 2 heterocycles. The molecule has 2 bridgehead atoms. The van der Waals surface area contributed by atoms with Gasteiger partial charge in [0.15, 0.2) is 0 Å². The third-order valence-electron chi connectivity index (χ3n) is 11.4. The Morgan fingerprint density at radius 2 is 1.86 bits per heavy atom. The molecule has 10 heteroatoms. The summed E-state index contributed by atoms with van der Waals surface area (Å²) in [5, 5.41) is 10.8. The van der Waals surface area contributed by atoms with Crippen molar-refractivity contribution in [1.82, 2.24) is 16.0 Å². The highest BCUT2D eigenvalue weighted by atomic mass is 35.5. The molecule has 1 aromatic rings. The van der Waals surface area contributed by atoms with Gasteiger partial charge >= 0.3 is 0 Å². The van der Waals surface area contributed by atoms with Gasteiger partial charge in [0.2, 0.25) is 12.3 Å². The molecule has 6 nitrogen and oxygen atoms in total. The predicted molar refractivity (Wildman–Crippen MR) is 159 cm³/mol. The summed E-state index contributed by atoms with van der Waals surface area (Å²) >= 11 is 13.1. The number of hydrogen-bond donors (Lipinski definition) is 3. The lowest BCUT2D eigenvalue weighted by Gasteiger charge is -2.61. The lowest BCUT2D eigenvalue weighted by atomic mass is 9.45. The van der Waals surface area contributed by atoms with Crippen LogP contribution in [0, 0.1) is 22.2 Å². The highest BCUT2D eigenvalue weighted by molar-refractivity contribution is 6.34. The maximum atomic E-state index is 14.4. The molecule has 2 saturated carbocycles. The van der Waals surface area contributed by atoms with Crippen molar-refractivity contribution >= 4 is 35.5 Å². The quantitative estimate of drug-likeness (QED) is 0.294. The van der Waals surface area contributed by atoms with Crippen LogP contribution in [0.5, 0.6) is 0 Å². The van der Waals surface area contributed by atoms with Crippen molar-refractivity contribution < 1.29 is 23.1 Å². The van der Waals surface area contributed by atoms with Crippen LogP contribution in [0.15, 0.2) is 30.0 Å². The number of carbonyl (C=O) groups is 2. The van der Waals surface area contributed by atoms with Crippen LogP contribution in [0.4, 0.5) is 8.78 Å². The zero-order valence-corrected chi connectivity index (χ0v) is 25.8. The van der Waals surface area contributed by atoms with E-state index < -0.39 is 35.8 Å². The Kier molecular flexibility index (Phi) is 7.94. The Labute approximate surface area is 256 Å². The van der Waals surface area contributed by atoms with Gasteiger partial charge in [0.25, 0.3) is 0 Å². The number of alkyl halides is 2. The molecular weight excluding hydrogens is 583 g/mol. The van der Waals surface area contributed by atoms with Crippen molar-refractivity contribution in [1.29, 1.82) is 0 Å². The first-order chi connectivity index (χ1) is 20.0. The van der Waals surface area contributed by atoms with Crippen molar-refractivity contribution in [2.75, 3.05) is 20.0 Å². The first-order valence-electron chi connectivity index (χ1n) is 15.2. The minimum Gasteiger partial charge on any atom is -0.376 e. The molecule has 3 aliphatic carbocycles. The fourth-order valence-corrected chi connectivity index (χ4v) is 10.0. The van der Waals surface area contributed by atoms with Gasteiger partial charge in [-0.15, -0.1) is 0 Å². The van der Waals surface area contributed by atoms with Gasteiger partial charge in [-0.2, -0.15) is 0 Å². The van der Waals surface area contributed by atoms with E-state index in [2.05, 4.69) is 29.0 Å². The third-order valence-corrected chi connectivity index (χ3v) is 11.8. The Bertz CT molecular complexity index is 1240. The summed E-state index contributed by atoms with van der Waals surface area (Å²) in [6.45, 7) is 3.13. The van der Waals surface area contributed by atoms with E-state index in [9.17, 15) is 18.4 Å². The van der Waals surface area contributed by atoms with Crippen LogP contribution in [0.25, 0.3) is 0 Å².